The Balaban J connectivity index is 1.30. The zero-order valence-corrected chi connectivity index (χ0v) is 16.7. The molecule has 0 saturated heterocycles. The van der Waals surface area contributed by atoms with E-state index < -0.39 is 0 Å². The minimum absolute atomic E-state index is 0.440. The van der Waals surface area contributed by atoms with E-state index in [0.717, 1.165) is 34.5 Å². The van der Waals surface area contributed by atoms with Crippen molar-refractivity contribution in [2.24, 2.45) is 0 Å². The summed E-state index contributed by atoms with van der Waals surface area (Å²) in [5.41, 5.74) is 4.45. The zero-order valence-electron chi connectivity index (χ0n) is 16.7. The molecule has 1 heterocycles. The molecule has 0 saturated carbocycles. The van der Waals surface area contributed by atoms with E-state index in [9.17, 15) is 0 Å². The van der Waals surface area contributed by atoms with E-state index >= 15 is 0 Å². The molecule has 3 nitrogen and oxygen atoms in total. The third kappa shape index (κ3) is 5.14. The van der Waals surface area contributed by atoms with Gasteiger partial charge in [0.05, 0.1) is 11.2 Å². The number of para-hydroxylation sites is 1. The van der Waals surface area contributed by atoms with E-state index in [0.29, 0.717) is 13.2 Å². The summed E-state index contributed by atoms with van der Waals surface area (Å²) in [5, 5.41) is 1.14. The number of fused-ring (bicyclic) bond motifs is 1. The van der Waals surface area contributed by atoms with Gasteiger partial charge in [-0.05, 0) is 53.9 Å². The Bertz CT molecular complexity index is 1060. The summed E-state index contributed by atoms with van der Waals surface area (Å²) in [5.74, 6) is 1.63. The Morgan fingerprint density at radius 1 is 0.655 bits per heavy atom. The lowest BCUT2D eigenvalue weighted by Gasteiger charge is -2.09. The van der Waals surface area contributed by atoms with Crippen LogP contribution in [0.2, 0.25) is 0 Å². The number of pyridine rings is 1. The average Bonchev–Trinajstić information content (AvgIpc) is 2.78. The van der Waals surface area contributed by atoms with Gasteiger partial charge in [-0.25, -0.2) is 4.98 Å². The lowest BCUT2D eigenvalue weighted by atomic mass is 10.1. The molecule has 146 valence electrons. The summed E-state index contributed by atoms with van der Waals surface area (Å²) in [7, 11) is 0. The predicted octanol–water partition coefficient (Wildman–Crippen LogP) is 6.35. The van der Waals surface area contributed by atoms with Gasteiger partial charge in [0, 0.05) is 5.39 Å². The van der Waals surface area contributed by atoms with E-state index in [1.807, 2.05) is 48.5 Å². The fourth-order valence-corrected chi connectivity index (χ4v) is 3.24. The van der Waals surface area contributed by atoms with Gasteiger partial charge in [0.15, 0.2) is 0 Å². The van der Waals surface area contributed by atoms with Crippen LogP contribution in [-0.4, -0.2) is 4.98 Å². The topological polar surface area (TPSA) is 31.4 Å². The predicted molar refractivity (Wildman–Crippen MR) is 117 cm³/mol. The molecular weight excluding hydrogens is 358 g/mol. The molecule has 0 aliphatic carbocycles. The van der Waals surface area contributed by atoms with Crippen molar-refractivity contribution in [3.8, 4) is 11.5 Å². The fraction of sp³-hybridized carbons (Fsp3) is 0.192. The molecule has 0 spiro atoms. The molecule has 0 fully saturated rings. The number of hydrogen-bond acceptors (Lipinski definition) is 3. The van der Waals surface area contributed by atoms with Gasteiger partial charge in [0.25, 0.3) is 0 Å². The Morgan fingerprint density at radius 3 is 2.03 bits per heavy atom. The van der Waals surface area contributed by atoms with E-state index in [-0.39, 0.29) is 0 Å². The van der Waals surface area contributed by atoms with Crippen LogP contribution in [0.5, 0.6) is 11.5 Å². The van der Waals surface area contributed by atoms with Crippen LogP contribution in [0.3, 0.4) is 0 Å². The van der Waals surface area contributed by atoms with Crippen LogP contribution in [0.25, 0.3) is 10.9 Å². The van der Waals surface area contributed by atoms with E-state index in [1.165, 1.54) is 17.5 Å². The first-order chi connectivity index (χ1) is 14.3. The molecule has 4 aromatic rings. The second-order valence-electron chi connectivity index (χ2n) is 7.11. The molecule has 0 aliphatic heterocycles. The first-order valence-electron chi connectivity index (χ1n) is 10.1. The van der Waals surface area contributed by atoms with Crippen molar-refractivity contribution >= 4 is 10.9 Å². The highest BCUT2D eigenvalue weighted by atomic mass is 16.5. The minimum Gasteiger partial charge on any atom is -0.489 e. The molecule has 0 aliphatic rings. The number of aromatic nitrogens is 1. The molecule has 0 bridgehead atoms. The van der Waals surface area contributed by atoms with Gasteiger partial charge >= 0.3 is 0 Å². The van der Waals surface area contributed by atoms with Crippen LogP contribution < -0.4 is 9.47 Å². The summed E-state index contributed by atoms with van der Waals surface area (Å²) in [4.78, 5) is 4.64. The summed E-state index contributed by atoms with van der Waals surface area (Å²) in [6.07, 6.45) is 2.29. The third-order valence-electron chi connectivity index (χ3n) is 4.83. The number of hydrogen-bond donors (Lipinski definition) is 0. The molecule has 0 atom stereocenters. The first kappa shape index (κ1) is 19.0. The summed E-state index contributed by atoms with van der Waals surface area (Å²) >= 11 is 0. The van der Waals surface area contributed by atoms with Gasteiger partial charge in [0.1, 0.15) is 24.7 Å². The van der Waals surface area contributed by atoms with Crippen molar-refractivity contribution in [3.63, 3.8) is 0 Å². The largest absolute Gasteiger partial charge is 0.489 e. The van der Waals surface area contributed by atoms with Crippen LogP contribution in [0, 0.1) is 0 Å². The molecule has 29 heavy (non-hydrogen) atoms. The molecule has 1 aromatic heterocycles. The van der Waals surface area contributed by atoms with Crippen LogP contribution in [0.4, 0.5) is 0 Å². The lowest BCUT2D eigenvalue weighted by molar-refractivity contribution is 0.295. The fourth-order valence-electron chi connectivity index (χ4n) is 3.24. The standard InChI is InChI=1S/C26H25NO2/c1-2-5-20-8-10-21(11-9-20)18-28-24-14-16-25(17-15-24)29-19-23-13-12-22-6-3-4-7-26(22)27-23/h3-4,6-17H,2,5,18-19H2,1H3. The van der Waals surface area contributed by atoms with Crippen molar-refractivity contribution in [3.05, 3.63) is 102 Å². The normalized spacial score (nSPS) is 10.8. The average molecular weight is 383 g/mol. The molecule has 3 heteroatoms. The van der Waals surface area contributed by atoms with Crippen molar-refractivity contribution < 1.29 is 9.47 Å². The zero-order chi connectivity index (χ0) is 19.9. The van der Waals surface area contributed by atoms with Crippen molar-refractivity contribution in [1.82, 2.24) is 4.98 Å². The molecule has 3 aromatic carbocycles. The van der Waals surface area contributed by atoms with Gasteiger partial charge in [-0.1, -0.05) is 61.9 Å². The molecule has 0 amide bonds. The monoisotopic (exact) mass is 383 g/mol. The minimum atomic E-state index is 0.440. The maximum absolute atomic E-state index is 5.89. The Kier molecular flexibility index (Phi) is 6.06. The maximum atomic E-state index is 5.89. The van der Waals surface area contributed by atoms with E-state index in [2.05, 4.69) is 48.3 Å². The number of rotatable bonds is 8. The Hall–Kier alpha value is -3.33. The highest BCUT2D eigenvalue weighted by Gasteiger charge is 2.02. The Labute approximate surface area is 171 Å². The van der Waals surface area contributed by atoms with Crippen LogP contribution in [0.15, 0.2) is 84.9 Å². The highest BCUT2D eigenvalue weighted by molar-refractivity contribution is 5.78. The van der Waals surface area contributed by atoms with Crippen molar-refractivity contribution in [2.75, 3.05) is 0 Å². The van der Waals surface area contributed by atoms with Gasteiger partial charge in [-0.3, -0.25) is 0 Å². The lowest BCUT2D eigenvalue weighted by Crippen LogP contribution is -1.99. The van der Waals surface area contributed by atoms with Gasteiger partial charge in [-0.2, -0.15) is 0 Å². The Morgan fingerprint density at radius 2 is 1.31 bits per heavy atom. The van der Waals surface area contributed by atoms with E-state index in [4.69, 9.17) is 9.47 Å². The number of aryl methyl sites for hydroxylation is 1. The highest BCUT2D eigenvalue weighted by Crippen LogP contribution is 2.20. The molecule has 4 rings (SSSR count). The van der Waals surface area contributed by atoms with Crippen molar-refractivity contribution in [2.45, 2.75) is 33.0 Å². The van der Waals surface area contributed by atoms with Crippen LogP contribution >= 0.6 is 0 Å². The summed E-state index contributed by atoms with van der Waals surface area (Å²) < 4.78 is 11.8. The second kappa shape index (κ2) is 9.24. The number of benzene rings is 3. The molecular formula is C26H25NO2. The van der Waals surface area contributed by atoms with Gasteiger partial charge in [0.2, 0.25) is 0 Å². The number of ether oxygens (including phenoxy) is 2. The van der Waals surface area contributed by atoms with Gasteiger partial charge in [-0.15, -0.1) is 0 Å². The maximum Gasteiger partial charge on any atom is 0.130 e. The summed E-state index contributed by atoms with van der Waals surface area (Å²) in [6, 6.07) is 28.6. The third-order valence-corrected chi connectivity index (χ3v) is 4.83. The van der Waals surface area contributed by atoms with Crippen LogP contribution in [-0.2, 0) is 19.6 Å². The SMILES string of the molecule is CCCc1ccc(COc2ccc(OCc3ccc4ccccc4n3)cc2)cc1. The van der Waals surface area contributed by atoms with Crippen LogP contribution in [0.1, 0.15) is 30.2 Å². The quantitative estimate of drug-likeness (QED) is 0.355. The molecule has 0 N–H and O–H groups in total. The number of nitrogens with zero attached hydrogens (tertiary/aromatic N) is 1. The smallest absolute Gasteiger partial charge is 0.130 e. The van der Waals surface area contributed by atoms with E-state index in [1.54, 1.807) is 0 Å². The second-order valence-corrected chi connectivity index (χ2v) is 7.11. The van der Waals surface area contributed by atoms with Crippen molar-refractivity contribution in [1.29, 1.82) is 0 Å². The molecule has 0 radical (unpaired) electrons. The van der Waals surface area contributed by atoms with Gasteiger partial charge < -0.3 is 9.47 Å². The first-order valence-corrected chi connectivity index (χ1v) is 10.1. The summed E-state index contributed by atoms with van der Waals surface area (Å²) in [6.45, 7) is 3.20. The molecule has 0 unspecified atom stereocenters.